The van der Waals surface area contributed by atoms with E-state index in [1.807, 2.05) is 42.5 Å². The van der Waals surface area contributed by atoms with E-state index >= 15 is 0 Å². The first-order valence-electron chi connectivity index (χ1n) is 10.2. The highest BCUT2D eigenvalue weighted by Gasteiger charge is 2.11. The molecule has 0 bridgehead atoms. The van der Waals surface area contributed by atoms with Gasteiger partial charge in [-0.3, -0.25) is 9.59 Å². The molecule has 0 aliphatic rings. The van der Waals surface area contributed by atoms with Crippen LogP contribution in [0.2, 0.25) is 0 Å². The Labute approximate surface area is 193 Å². The molecule has 33 heavy (non-hydrogen) atoms. The van der Waals surface area contributed by atoms with Crippen molar-refractivity contribution in [2.24, 2.45) is 0 Å². The van der Waals surface area contributed by atoms with Gasteiger partial charge in [-0.2, -0.15) is 5.26 Å². The molecule has 0 spiro atoms. The molecular formula is C25H27N5O3. The predicted octanol–water partition coefficient (Wildman–Crippen LogP) is 3.17. The summed E-state index contributed by atoms with van der Waals surface area (Å²) in [6.45, 7) is 4.43. The van der Waals surface area contributed by atoms with Gasteiger partial charge in [0.15, 0.2) is 6.29 Å². The molecule has 170 valence electrons. The van der Waals surface area contributed by atoms with Crippen LogP contribution >= 0.6 is 0 Å². The van der Waals surface area contributed by atoms with Gasteiger partial charge >= 0.3 is 0 Å². The number of aromatic nitrogens is 1. The van der Waals surface area contributed by atoms with Gasteiger partial charge in [0.05, 0.1) is 31.1 Å². The molecular weight excluding hydrogens is 418 g/mol. The lowest BCUT2D eigenvalue weighted by Crippen LogP contribution is -2.28. The molecule has 0 saturated carbocycles. The largest absolute Gasteiger partial charge is 0.495 e. The number of benzene rings is 2. The number of carbonyl (C=O) groups is 2. The third kappa shape index (κ3) is 6.89. The van der Waals surface area contributed by atoms with Crippen LogP contribution in [0.25, 0.3) is 22.0 Å². The molecule has 0 fully saturated rings. The number of hydrogen-bond donors (Lipinski definition) is 3. The minimum atomic E-state index is 0.0162. The Morgan fingerprint density at radius 2 is 1.94 bits per heavy atom. The monoisotopic (exact) mass is 445 g/mol. The summed E-state index contributed by atoms with van der Waals surface area (Å²) >= 11 is 0. The van der Waals surface area contributed by atoms with Crippen molar-refractivity contribution >= 4 is 28.7 Å². The van der Waals surface area contributed by atoms with Gasteiger partial charge in [0, 0.05) is 30.1 Å². The average Bonchev–Trinajstić information content (AvgIpc) is 2.87. The fraction of sp³-hybridized carbons (Fsp3) is 0.200. The first-order chi connectivity index (χ1) is 16.0. The molecule has 1 amide bonds. The van der Waals surface area contributed by atoms with Gasteiger partial charge < -0.3 is 20.7 Å². The molecule has 3 rings (SSSR count). The summed E-state index contributed by atoms with van der Waals surface area (Å²) in [5, 5.41) is 19.3. The van der Waals surface area contributed by atoms with E-state index in [0.717, 1.165) is 28.3 Å². The van der Waals surface area contributed by atoms with Gasteiger partial charge in [0.25, 0.3) is 0 Å². The van der Waals surface area contributed by atoms with Crippen molar-refractivity contribution in [2.45, 2.75) is 0 Å². The van der Waals surface area contributed by atoms with Crippen LogP contribution in [0.3, 0.4) is 0 Å². The highest BCUT2D eigenvalue weighted by atomic mass is 16.5. The van der Waals surface area contributed by atoms with Crippen LogP contribution in [-0.4, -0.2) is 51.5 Å². The zero-order valence-electron chi connectivity index (χ0n) is 18.9. The number of ether oxygens (including phenoxy) is 1. The number of aldehydes is 1. The molecule has 0 aliphatic heterocycles. The molecule has 1 heterocycles. The number of hydrogen-bond acceptors (Lipinski definition) is 7. The number of pyridine rings is 1. The Hall–Kier alpha value is -4.22. The Kier molecular flexibility index (Phi) is 9.55. The topological polar surface area (TPSA) is 116 Å². The van der Waals surface area contributed by atoms with E-state index in [-0.39, 0.29) is 5.91 Å². The zero-order valence-corrected chi connectivity index (χ0v) is 18.9. The Morgan fingerprint density at radius 3 is 2.55 bits per heavy atom. The molecule has 1 aromatic heterocycles. The van der Waals surface area contributed by atoms with Crippen molar-refractivity contribution in [2.75, 3.05) is 39.6 Å². The van der Waals surface area contributed by atoms with Crippen LogP contribution < -0.4 is 20.7 Å². The summed E-state index contributed by atoms with van der Waals surface area (Å²) in [4.78, 5) is 25.6. The number of fused-ring (bicyclic) bond motifs is 1. The normalized spacial score (nSPS) is 9.76. The number of nitrogens with zero attached hydrogens (tertiary/aromatic N) is 2. The van der Waals surface area contributed by atoms with Crippen molar-refractivity contribution in [3.05, 3.63) is 66.4 Å². The maximum absolute atomic E-state index is 11.0. The zero-order chi connectivity index (χ0) is 24.2. The summed E-state index contributed by atoms with van der Waals surface area (Å²) in [7, 11) is 4.94. The number of carbonyl (C=O) groups excluding carboxylic acids is 2. The van der Waals surface area contributed by atoms with Crippen LogP contribution in [0.15, 0.2) is 60.7 Å². The minimum Gasteiger partial charge on any atom is -0.495 e. The van der Waals surface area contributed by atoms with E-state index in [1.54, 1.807) is 33.3 Å². The standard InChI is InChI=1S/C21H17N3O2.C4H10N2O/c1-14(11-22)12-23-21-18-10-16(19-5-3-4-17(13-25)24-19)7-6-15(18)8-9-20(21)26-2;1-5-3-4(7)6-2/h3-10,13,23H,1,12H2,2H3;5H,3H2,1-2H3,(H,6,7). The molecule has 3 N–H and O–H groups in total. The Bertz CT molecular complexity index is 1180. The van der Waals surface area contributed by atoms with Crippen LogP contribution in [0.1, 0.15) is 10.5 Å². The number of anilines is 1. The van der Waals surface area contributed by atoms with Crippen molar-refractivity contribution < 1.29 is 14.3 Å². The number of amides is 1. The molecule has 0 saturated heterocycles. The average molecular weight is 446 g/mol. The highest BCUT2D eigenvalue weighted by Crippen LogP contribution is 2.35. The van der Waals surface area contributed by atoms with Crippen molar-refractivity contribution in [1.82, 2.24) is 15.6 Å². The van der Waals surface area contributed by atoms with E-state index in [2.05, 4.69) is 27.5 Å². The molecule has 2 aromatic carbocycles. The third-order valence-electron chi connectivity index (χ3n) is 4.64. The second-order valence-electron chi connectivity index (χ2n) is 6.92. The third-order valence-corrected chi connectivity index (χ3v) is 4.64. The second-order valence-corrected chi connectivity index (χ2v) is 6.92. The lowest BCUT2D eigenvalue weighted by molar-refractivity contribution is -0.119. The first kappa shape index (κ1) is 25.0. The number of nitriles is 1. The molecule has 0 radical (unpaired) electrons. The highest BCUT2D eigenvalue weighted by molar-refractivity contribution is 5.99. The van der Waals surface area contributed by atoms with Gasteiger partial charge in [-0.25, -0.2) is 4.98 Å². The SMILES string of the molecule is C=C(C#N)CNc1c(OC)ccc2ccc(-c3cccc(C=O)n3)cc12.CNCC(=O)NC. The van der Waals surface area contributed by atoms with Gasteiger partial charge in [0.1, 0.15) is 11.4 Å². The minimum absolute atomic E-state index is 0.0162. The maximum Gasteiger partial charge on any atom is 0.233 e. The van der Waals surface area contributed by atoms with Crippen LogP contribution in [0.4, 0.5) is 5.69 Å². The van der Waals surface area contributed by atoms with Crippen molar-refractivity contribution in [3.63, 3.8) is 0 Å². The van der Waals surface area contributed by atoms with Crippen LogP contribution in [0.5, 0.6) is 5.75 Å². The van der Waals surface area contributed by atoms with E-state index < -0.39 is 0 Å². The summed E-state index contributed by atoms with van der Waals surface area (Å²) < 4.78 is 5.46. The van der Waals surface area contributed by atoms with E-state index in [1.165, 1.54) is 0 Å². The van der Waals surface area contributed by atoms with Gasteiger partial charge in [-0.1, -0.05) is 30.8 Å². The van der Waals surface area contributed by atoms with E-state index in [4.69, 9.17) is 10.00 Å². The summed E-state index contributed by atoms with van der Waals surface area (Å²) in [5.41, 5.74) is 3.20. The Morgan fingerprint density at radius 1 is 1.18 bits per heavy atom. The predicted molar refractivity (Wildman–Crippen MR) is 130 cm³/mol. The second kappa shape index (κ2) is 12.6. The maximum atomic E-state index is 11.0. The number of likely N-dealkylation sites (N-methyl/N-ethyl adjacent to an activating group) is 2. The van der Waals surface area contributed by atoms with E-state index in [9.17, 15) is 9.59 Å². The van der Waals surface area contributed by atoms with Crippen molar-refractivity contribution in [1.29, 1.82) is 5.26 Å². The Balaban J connectivity index is 0.000000479. The molecule has 0 atom stereocenters. The van der Waals surface area contributed by atoms with Crippen molar-refractivity contribution in [3.8, 4) is 23.1 Å². The lowest BCUT2D eigenvalue weighted by Gasteiger charge is -2.15. The molecule has 0 unspecified atom stereocenters. The number of methoxy groups -OCH3 is 1. The van der Waals surface area contributed by atoms with Gasteiger partial charge in [-0.05, 0) is 36.7 Å². The fourth-order valence-corrected chi connectivity index (χ4v) is 2.97. The van der Waals surface area contributed by atoms with Crippen LogP contribution in [-0.2, 0) is 4.79 Å². The fourth-order valence-electron chi connectivity index (χ4n) is 2.97. The number of rotatable bonds is 8. The van der Waals surface area contributed by atoms with Gasteiger partial charge in [0.2, 0.25) is 5.91 Å². The smallest absolute Gasteiger partial charge is 0.233 e. The first-order valence-corrected chi connectivity index (χ1v) is 10.2. The molecule has 0 aliphatic carbocycles. The van der Waals surface area contributed by atoms with Crippen LogP contribution in [0, 0.1) is 11.3 Å². The summed E-state index contributed by atoms with van der Waals surface area (Å²) in [6.07, 6.45) is 0.730. The summed E-state index contributed by atoms with van der Waals surface area (Å²) in [6, 6.07) is 17.2. The number of nitrogens with one attached hydrogen (secondary N) is 3. The molecule has 3 aromatic rings. The lowest BCUT2D eigenvalue weighted by atomic mass is 10.0. The quantitative estimate of drug-likeness (QED) is 0.360. The summed E-state index contributed by atoms with van der Waals surface area (Å²) in [5.74, 6) is 0.692. The van der Waals surface area contributed by atoms with Gasteiger partial charge in [-0.15, -0.1) is 0 Å². The molecule has 8 heteroatoms. The van der Waals surface area contributed by atoms with E-state index in [0.29, 0.717) is 35.8 Å². The molecule has 8 nitrogen and oxygen atoms in total.